The lowest BCUT2D eigenvalue weighted by atomic mass is 9.88. The van der Waals surface area contributed by atoms with E-state index in [4.69, 9.17) is 32.4 Å². The van der Waals surface area contributed by atoms with Gasteiger partial charge in [0.1, 0.15) is 0 Å². The zero-order valence-corrected chi connectivity index (χ0v) is 13.9. The van der Waals surface area contributed by atoms with E-state index in [0.717, 1.165) is 37.8 Å². The Morgan fingerprint density at radius 2 is 1.17 bits per heavy atom. The molecular formula is C16H28N4O4. The lowest BCUT2D eigenvalue weighted by Gasteiger charge is -2.38. The highest BCUT2D eigenvalue weighted by atomic mass is 16.6. The van der Waals surface area contributed by atoms with Gasteiger partial charge in [0, 0.05) is 25.0 Å². The molecule has 8 heteroatoms. The van der Waals surface area contributed by atoms with Gasteiger partial charge in [-0.2, -0.15) is 0 Å². The molecule has 2 aliphatic rings. The van der Waals surface area contributed by atoms with Crippen LogP contribution in [0.25, 0.3) is 0 Å². The standard InChI is InChI=1S/C16H28N4O4/c17-11-5-1-3-9-15(11,19)23-13(21)7-8-14(22)24-16(20)10-4-2-6-12(16)18/h7-8,11-12H,1-6,9-10,17-20H2/b8-7-. The molecule has 8 N–H and O–H groups in total. The van der Waals surface area contributed by atoms with Crippen LogP contribution < -0.4 is 22.9 Å². The predicted molar refractivity (Wildman–Crippen MR) is 88.0 cm³/mol. The number of rotatable bonds is 4. The number of carbonyl (C=O) groups excluding carboxylic acids is 2. The minimum absolute atomic E-state index is 0.414. The van der Waals surface area contributed by atoms with Crippen molar-refractivity contribution in [1.29, 1.82) is 0 Å². The molecular weight excluding hydrogens is 312 g/mol. The van der Waals surface area contributed by atoms with E-state index >= 15 is 0 Å². The highest BCUT2D eigenvalue weighted by molar-refractivity contribution is 5.92. The summed E-state index contributed by atoms with van der Waals surface area (Å²) in [6.45, 7) is 0. The van der Waals surface area contributed by atoms with Crippen LogP contribution in [0.5, 0.6) is 0 Å². The van der Waals surface area contributed by atoms with Gasteiger partial charge >= 0.3 is 11.9 Å². The Morgan fingerprint density at radius 3 is 1.50 bits per heavy atom. The SMILES string of the molecule is NC1CCCCC1(N)OC(=O)/C=C\C(=O)OC1(N)CCCCC1N. The molecule has 2 aliphatic carbocycles. The summed E-state index contributed by atoms with van der Waals surface area (Å²) < 4.78 is 10.5. The zero-order chi connectivity index (χ0) is 17.8. The van der Waals surface area contributed by atoms with Crippen LogP contribution in [0.2, 0.25) is 0 Å². The second-order valence-corrected chi connectivity index (χ2v) is 6.79. The first-order valence-corrected chi connectivity index (χ1v) is 8.48. The summed E-state index contributed by atoms with van der Waals surface area (Å²) in [5.74, 6) is -1.46. The molecule has 0 radical (unpaired) electrons. The second-order valence-electron chi connectivity index (χ2n) is 6.79. The van der Waals surface area contributed by atoms with Crippen LogP contribution >= 0.6 is 0 Å². The van der Waals surface area contributed by atoms with Crippen LogP contribution in [0.4, 0.5) is 0 Å². The van der Waals surface area contributed by atoms with Crippen LogP contribution in [0.3, 0.4) is 0 Å². The van der Waals surface area contributed by atoms with E-state index in [1.54, 1.807) is 0 Å². The average Bonchev–Trinajstić information content (AvgIpc) is 2.51. The van der Waals surface area contributed by atoms with Crippen LogP contribution in [0.15, 0.2) is 12.2 Å². The van der Waals surface area contributed by atoms with E-state index in [0.29, 0.717) is 25.7 Å². The highest BCUT2D eigenvalue weighted by Crippen LogP contribution is 2.27. The van der Waals surface area contributed by atoms with Crippen molar-refractivity contribution < 1.29 is 19.1 Å². The summed E-state index contributed by atoms with van der Waals surface area (Å²) in [4.78, 5) is 23.8. The molecule has 0 aromatic carbocycles. The van der Waals surface area contributed by atoms with Crippen molar-refractivity contribution in [3.05, 3.63) is 12.2 Å². The Morgan fingerprint density at radius 1 is 0.792 bits per heavy atom. The third kappa shape index (κ3) is 4.54. The van der Waals surface area contributed by atoms with E-state index in [2.05, 4.69) is 0 Å². The molecule has 0 bridgehead atoms. The summed E-state index contributed by atoms with van der Waals surface area (Å²) in [5, 5.41) is 0. The fraction of sp³-hybridized carbons (Fsp3) is 0.750. The van der Waals surface area contributed by atoms with Gasteiger partial charge in [0.15, 0.2) is 11.4 Å². The Bertz CT molecular complexity index is 468. The van der Waals surface area contributed by atoms with Gasteiger partial charge < -0.3 is 20.9 Å². The first-order valence-electron chi connectivity index (χ1n) is 8.48. The molecule has 136 valence electrons. The van der Waals surface area contributed by atoms with Crippen molar-refractivity contribution >= 4 is 11.9 Å². The molecule has 4 atom stereocenters. The highest BCUT2D eigenvalue weighted by Gasteiger charge is 2.39. The van der Waals surface area contributed by atoms with E-state index in [-0.39, 0.29) is 0 Å². The van der Waals surface area contributed by atoms with Crippen LogP contribution in [0.1, 0.15) is 51.4 Å². The normalized spacial score (nSPS) is 37.2. The molecule has 8 nitrogen and oxygen atoms in total. The fourth-order valence-corrected chi connectivity index (χ4v) is 3.22. The molecule has 0 aromatic heterocycles. The predicted octanol–water partition coefficient (Wildman–Crippen LogP) is -0.258. The van der Waals surface area contributed by atoms with Gasteiger partial charge in [-0.1, -0.05) is 12.8 Å². The smallest absolute Gasteiger partial charge is 0.332 e. The van der Waals surface area contributed by atoms with Gasteiger partial charge in [-0.25, -0.2) is 9.59 Å². The Balaban J connectivity index is 1.87. The lowest BCUT2D eigenvalue weighted by molar-refractivity contribution is -0.161. The van der Waals surface area contributed by atoms with Gasteiger partial charge in [0.2, 0.25) is 0 Å². The third-order valence-electron chi connectivity index (χ3n) is 4.86. The molecule has 2 fully saturated rings. The number of esters is 2. The summed E-state index contributed by atoms with van der Waals surface area (Å²) in [6, 6.07) is -0.828. The molecule has 4 unspecified atom stereocenters. The van der Waals surface area contributed by atoms with Crippen LogP contribution in [-0.4, -0.2) is 35.5 Å². The van der Waals surface area contributed by atoms with Crippen molar-refractivity contribution in [2.75, 3.05) is 0 Å². The summed E-state index contributed by atoms with van der Waals surface area (Å²) in [5.41, 5.74) is 21.6. The topological polar surface area (TPSA) is 157 Å². The van der Waals surface area contributed by atoms with Crippen molar-refractivity contribution in [1.82, 2.24) is 0 Å². The van der Waals surface area contributed by atoms with Gasteiger partial charge in [-0.15, -0.1) is 0 Å². The van der Waals surface area contributed by atoms with Crippen molar-refractivity contribution in [2.24, 2.45) is 22.9 Å². The molecule has 0 heterocycles. The van der Waals surface area contributed by atoms with E-state index in [1.807, 2.05) is 0 Å². The third-order valence-corrected chi connectivity index (χ3v) is 4.86. The quantitative estimate of drug-likeness (QED) is 0.310. The molecule has 0 amide bonds. The molecule has 0 saturated heterocycles. The first-order chi connectivity index (χ1) is 11.3. The Kier molecular flexibility index (Phi) is 5.97. The van der Waals surface area contributed by atoms with Crippen LogP contribution in [-0.2, 0) is 19.1 Å². The van der Waals surface area contributed by atoms with Gasteiger partial charge in [0.25, 0.3) is 0 Å². The Labute approximate surface area is 141 Å². The molecule has 24 heavy (non-hydrogen) atoms. The summed E-state index contributed by atoms with van der Waals surface area (Å²) in [7, 11) is 0. The monoisotopic (exact) mass is 340 g/mol. The maximum atomic E-state index is 11.9. The van der Waals surface area contributed by atoms with E-state index < -0.39 is 35.5 Å². The fourth-order valence-electron chi connectivity index (χ4n) is 3.22. The maximum Gasteiger partial charge on any atom is 0.332 e. The largest absolute Gasteiger partial charge is 0.439 e. The lowest BCUT2D eigenvalue weighted by Crippen LogP contribution is -2.59. The van der Waals surface area contributed by atoms with Crippen molar-refractivity contribution in [3.8, 4) is 0 Å². The molecule has 2 rings (SSSR count). The average molecular weight is 340 g/mol. The number of hydrogen-bond donors (Lipinski definition) is 4. The van der Waals surface area contributed by atoms with E-state index in [9.17, 15) is 9.59 Å². The van der Waals surface area contributed by atoms with Gasteiger partial charge in [-0.05, 0) is 25.7 Å². The summed E-state index contributed by atoms with van der Waals surface area (Å²) >= 11 is 0. The zero-order valence-electron chi connectivity index (χ0n) is 13.9. The number of ether oxygens (including phenoxy) is 2. The van der Waals surface area contributed by atoms with Crippen molar-refractivity contribution in [3.63, 3.8) is 0 Å². The van der Waals surface area contributed by atoms with Gasteiger partial charge in [0.05, 0.1) is 12.1 Å². The van der Waals surface area contributed by atoms with E-state index in [1.165, 1.54) is 0 Å². The van der Waals surface area contributed by atoms with Gasteiger partial charge in [-0.3, -0.25) is 11.5 Å². The maximum absolute atomic E-state index is 11.9. The molecule has 0 aliphatic heterocycles. The Hall–Kier alpha value is -1.48. The molecule has 0 aromatic rings. The first kappa shape index (κ1) is 18.9. The van der Waals surface area contributed by atoms with Crippen LogP contribution in [0, 0.1) is 0 Å². The molecule has 2 saturated carbocycles. The summed E-state index contributed by atoms with van der Waals surface area (Å²) in [6.07, 6.45) is 7.96. The number of carbonyl (C=O) groups is 2. The number of nitrogens with two attached hydrogens (primary N) is 4. The molecule has 0 spiro atoms. The minimum Gasteiger partial charge on any atom is -0.439 e. The van der Waals surface area contributed by atoms with Crippen molar-refractivity contribution in [2.45, 2.75) is 74.9 Å². The second kappa shape index (κ2) is 7.60. The number of hydrogen-bond acceptors (Lipinski definition) is 8. The minimum atomic E-state index is -1.19.